The molecule has 0 aliphatic carbocycles. The first-order valence-corrected chi connectivity index (χ1v) is 35.9. The molecule has 6 heteroatoms. The van der Waals surface area contributed by atoms with Gasteiger partial charge >= 0.3 is 5.97 Å². The van der Waals surface area contributed by atoms with Gasteiger partial charge in [-0.2, -0.15) is 0 Å². The first kappa shape index (κ1) is 76.6. The van der Waals surface area contributed by atoms with E-state index >= 15 is 0 Å². The predicted molar refractivity (Wildman–Crippen MR) is 343 cm³/mol. The van der Waals surface area contributed by atoms with Gasteiger partial charge < -0.3 is 20.3 Å². The van der Waals surface area contributed by atoms with Gasteiger partial charge in [-0.05, 0) is 51.4 Å². The van der Waals surface area contributed by atoms with E-state index in [1.165, 1.54) is 340 Å². The Balaban J connectivity index is 3.37. The van der Waals surface area contributed by atoms with Gasteiger partial charge in [-0.15, -0.1) is 0 Å². The quantitative estimate of drug-likeness (QED) is 0.0320. The van der Waals surface area contributed by atoms with Crippen LogP contribution in [0.3, 0.4) is 0 Å². The van der Waals surface area contributed by atoms with Crippen molar-refractivity contribution in [2.45, 2.75) is 424 Å². The van der Waals surface area contributed by atoms with Crippen molar-refractivity contribution in [3.63, 3.8) is 0 Å². The van der Waals surface area contributed by atoms with E-state index in [0.717, 1.165) is 38.5 Å². The third-order valence-electron chi connectivity index (χ3n) is 17.1. The summed E-state index contributed by atoms with van der Waals surface area (Å²) in [4.78, 5) is 24.6. The second kappa shape index (κ2) is 68.1. The highest BCUT2D eigenvalue weighted by atomic mass is 16.5. The molecule has 2 atom stereocenters. The Labute approximate surface area is 489 Å². The highest BCUT2D eigenvalue weighted by Crippen LogP contribution is 2.19. The number of allylic oxidation sites excluding steroid dienone is 2. The van der Waals surface area contributed by atoms with Crippen LogP contribution in [0, 0.1) is 0 Å². The lowest BCUT2D eigenvalue weighted by Crippen LogP contribution is -2.45. The number of hydrogen-bond donors (Lipinski definition) is 3. The molecular formula is C72H141NO5. The molecule has 0 bridgehead atoms. The molecule has 3 N–H and O–H groups in total. The molecule has 1 amide bonds. The minimum absolute atomic E-state index is 0.0192. The summed E-state index contributed by atoms with van der Waals surface area (Å²) < 4.78 is 5.49. The Kier molecular flexibility index (Phi) is 66.9. The van der Waals surface area contributed by atoms with Crippen molar-refractivity contribution in [1.82, 2.24) is 5.32 Å². The molecule has 0 fully saturated rings. The van der Waals surface area contributed by atoms with E-state index < -0.39 is 12.1 Å². The van der Waals surface area contributed by atoms with Gasteiger partial charge in [0.05, 0.1) is 25.4 Å². The van der Waals surface area contributed by atoms with Crippen LogP contribution >= 0.6 is 0 Å². The average molecular weight is 1100 g/mol. The average Bonchev–Trinajstić information content (AvgIpc) is 3.44. The van der Waals surface area contributed by atoms with Gasteiger partial charge in [-0.1, -0.05) is 360 Å². The lowest BCUT2D eigenvalue weighted by atomic mass is 10.0. The molecule has 6 nitrogen and oxygen atoms in total. The minimum atomic E-state index is -0.664. The van der Waals surface area contributed by atoms with Crippen molar-refractivity contribution in [1.29, 1.82) is 0 Å². The van der Waals surface area contributed by atoms with E-state index in [1.54, 1.807) is 0 Å². The summed E-state index contributed by atoms with van der Waals surface area (Å²) in [5.41, 5.74) is 0. The van der Waals surface area contributed by atoms with Crippen LogP contribution in [0.2, 0.25) is 0 Å². The maximum Gasteiger partial charge on any atom is 0.305 e. The SMILES string of the molecule is CCCCCCCCCCCCCCCCCCCCCC(O)C(CO)NC(=O)CCCCCCCCCCCCCC/C=C\CCCCCCCCCCCCCCOC(=O)CCCCCCCCCCCCCCCC. The Morgan fingerprint density at radius 1 is 0.346 bits per heavy atom. The van der Waals surface area contributed by atoms with Crippen LogP contribution in [0.5, 0.6) is 0 Å². The number of unbranched alkanes of at least 4 members (excludes halogenated alkanes) is 55. The van der Waals surface area contributed by atoms with E-state index in [-0.39, 0.29) is 18.5 Å². The van der Waals surface area contributed by atoms with Crippen LogP contribution < -0.4 is 5.32 Å². The number of nitrogens with one attached hydrogen (secondary N) is 1. The molecule has 0 aromatic rings. The third-order valence-corrected chi connectivity index (χ3v) is 17.1. The van der Waals surface area contributed by atoms with E-state index in [9.17, 15) is 19.8 Å². The number of aliphatic hydroxyl groups excluding tert-OH is 2. The monoisotopic (exact) mass is 1100 g/mol. The second-order valence-corrected chi connectivity index (χ2v) is 24.9. The van der Waals surface area contributed by atoms with Crippen LogP contribution in [0.4, 0.5) is 0 Å². The summed E-state index contributed by atoms with van der Waals surface area (Å²) in [7, 11) is 0. The zero-order valence-corrected chi connectivity index (χ0v) is 53.2. The number of hydrogen-bond acceptors (Lipinski definition) is 5. The molecule has 0 aromatic heterocycles. The fourth-order valence-electron chi connectivity index (χ4n) is 11.6. The van der Waals surface area contributed by atoms with Crippen LogP contribution in [0.1, 0.15) is 412 Å². The molecular weight excluding hydrogens is 959 g/mol. The lowest BCUT2D eigenvalue weighted by Gasteiger charge is -2.22. The van der Waals surface area contributed by atoms with E-state index in [4.69, 9.17) is 4.74 Å². The van der Waals surface area contributed by atoms with Gasteiger partial charge in [-0.3, -0.25) is 9.59 Å². The van der Waals surface area contributed by atoms with E-state index in [2.05, 4.69) is 31.3 Å². The fraction of sp³-hybridized carbons (Fsp3) is 0.944. The number of rotatable bonds is 68. The molecule has 0 saturated heterocycles. The molecule has 2 unspecified atom stereocenters. The number of amides is 1. The summed E-state index contributed by atoms with van der Waals surface area (Å²) in [5.74, 6) is -0.0112. The van der Waals surface area contributed by atoms with Crippen LogP contribution in [0.25, 0.3) is 0 Å². The van der Waals surface area contributed by atoms with Crippen LogP contribution in [0.15, 0.2) is 12.2 Å². The summed E-state index contributed by atoms with van der Waals surface area (Å²) in [6, 6.07) is -0.541. The van der Waals surface area contributed by atoms with Crippen molar-refractivity contribution >= 4 is 11.9 Å². The predicted octanol–water partition coefficient (Wildman–Crippen LogP) is 23.1. The Morgan fingerprint density at radius 3 is 0.910 bits per heavy atom. The van der Waals surface area contributed by atoms with E-state index in [1.807, 2.05) is 0 Å². The molecule has 78 heavy (non-hydrogen) atoms. The molecule has 0 aliphatic rings. The summed E-state index contributed by atoms with van der Waals surface area (Å²) >= 11 is 0. The molecule has 0 radical (unpaired) electrons. The van der Waals surface area contributed by atoms with Gasteiger partial charge in [0.15, 0.2) is 0 Å². The van der Waals surface area contributed by atoms with Gasteiger partial charge in [0.2, 0.25) is 5.91 Å². The molecule has 0 spiro atoms. The number of carbonyl (C=O) groups excluding carboxylic acids is 2. The Bertz CT molecular complexity index is 1180. The van der Waals surface area contributed by atoms with Gasteiger partial charge in [0.25, 0.3) is 0 Å². The molecule has 0 saturated carbocycles. The molecule has 0 rings (SSSR count). The summed E-state index contributed by atoms with van der Waals surface area (Å²) in [6.07, 6.45) is 84.1. The zero-order valence-electron chi connectivity index (χ0n) is 53.2. The van der Waals surface area contributed by atoms with Crippen molar-refractivity contribution in [2.24, 2.45) is 0 Å². The zero-order chi connectivity index (χ0) is 56.4. The number of carbonyl (C=O) groups is 2. The summed E-state index contributed by atoms with van der Waals surface area (Å²) in [5, 5.41) is 23.4. The first-order valence-electron chi connectivity index (χ1n) is 35.9. The smallest absolute Gasteiger partial charge is 0.305 e. The highest BCUT2D eigenvalue weighted by molar-refractivity contribution is 5.76. The Hall–Kier alpha value is -1.40. The topological polar surface area (TPSA) is 95.9 Å². The van der Waals surface area contributed by atoms with Crippen LogP contribution in [-0.4, -0.2) is 47.4 Å². The summed E-state index contributed by atoms with van der Waals surface area (Å²) in [6.45, 7) is 5.00. The van der Waals surface area contributed by atoms with Gasteiger partial charge in [0.1, 0.15) is 0 Å². The normalized spacial score (nSPS) is 12.5. The highest BCUT2D eigenvalue weighted by Gasteiger charge is 2.20. The van der Waals surface area contributed by atoms with Crippen molar-refractivity contribution in [3.05, 3.63) is 12.2 Å². The maximum absolute atomic E-state index is 12.5. The Morgan fingerprint density at radius 2 is 0.603 bits per heavy atom. The van der Waals surface area contributed by atoms with Crippen LogP contribution in [-0.2, 0) is 14.3 Å². The molecule has 464 valence electrons. The largest absolute Gasteiger partial charge is 0.466 e. The van der Waals surface area contributed by atoms with Crippen molar-refractivity contribution in [3.8, 4) is 0 Å². The first-order chi connectivity index (χ1) is 38.5. The van der Waals surface area contributed by atoms with Crippen molar-refractivity contribution < 1.29 is 24.5 Å². The number of ether oxygens (including phenoxy) is 1. The van der Waals surface area contributed by atoms with Crippen molar-refractivity contribution in [2.75, 3.05) is 13.2 Å². The maximum atomic E-state index is 12.5. The van der Waals surface area contributed by atoms with Gasteiger partial charge in [-0.25, -0.2) is 0 Å². The van der Waals surface area contributed by atoms with Gasteiger partial charge in [0, 0.05) is 12.8 Å². The molecule has 0 aromatic carbocycles. The lowest BCUT2D eigenvalue weighted by molar-refractivity contribution is -0.143. The number of esters is 1. The third kappa shape index (κ3) is 63.8. The second-order valence-electron chi connectivity index (χ2n) is 24.9. The minimum Gasteiger partial charge on any atom is -0.466 e. The molecule has 0 heterocycles. The number of aliphatic hydroxyl groups is 2. The van der Waals surface area contributed by atoms with E-state index in [0.29, 0.717) is 25.9 Å². The molecule has 0 aliphatic heterocycles. The fourth-order valence-corrected chi connectivity index (χ4v) is 11.6. The standard InChI is InChI=1S/C72H141NO5/c1-3-5-7-9-11-13-15-17-19-20-31-34-37-40-44-48-52-56-60-64-70(75)69(68-74)73-71(76)65-61-57-53-49-45-41-38-35-32-29-27-25-23-21-22-24-26-28-30-33-36-39-43-47-51-55-59-63-67-78-72(77)66-62-58-54-50-46-42-18-16-14-12-10-8-6-4-2/h21-22,69-70,74-75H,3-20,23-68H2,1-2H3,(H,73,76)/b22-21-.